The van der Waals surface area contributed by atoms with Gasteiger partial charge in [0.05, 0.1) is 0 Å². The number of hydrogen-bond acceptors (Lipinski definition) is 1. The summed E-state index contributed by atoms with van der Waals surface area (Å²) in [6.45, 7) is 0. The summed E-state index contributed by atoms with van der Waals surface area (Å²) in [6, 6.07) is 28.0. The van der Waals surface area contributed by atoms with Crippen molar-refractivity contribution in [2.75, 3.05) is 7.11 Å². The maximum absolute atomic E-state index is 5.60. The first-order valence-electron chi connectivity index (χ1n) is 7.58. The Morgan fingerprint density at radius 1 is 0.739 bits per heavy atom. The Balaban J connectivity index is 2.01. The van der Waals surface area contributed by atoms with Crippen LogP contribution in [-0.4, -0.2) is 22.1 Å². The van der Waals surface area contributed by atoms with Crippen LogP contribution in [0.25, 0.3) is 21.5 Å². The summed E-state index contributed by atoms with van der Waals surface area (Å²) in [5.74, 6) is 0.942. The number of benzene rings is 4. The van der Waals surface area contributed by atoms with Crippen molar-refractivity contribution in [2.24, 2.45) is 0 Å². The summed E-state index contributed by atoms with van der Waals surface area (Å²) in [4.78, 5) is 0. The van der Waals surface area contributed by atoms with Gasteiger partial charge in [0.2, 0.25) is 0 Å². The van der Waals surface area contributed by atoms with E-state index in [2.05, 4.69) is 72.8 Å². The summed E-state index contributed by atoms with van der Waals surface area (Å²) in [6.07, 6.45) is 0. The monoisotopic (exact) mass is 364 g/mol. The minimum atomic E-state index is 0.290. The Labute approximate surface area is 142 Å². The molecule has 0 aliphatic rings. The topological polar surface area (TPSA) is 9.23 Å². The second-order valence-electron chi connectivity index (χ2n) is 5.39. The van der Waals surface area contributed by atoms with E-state index in [1.54, 1.807) is 7.11 Å². The third kappa shape index (κ3) is 2.61. The Morgan fingerprint density at radius 2 is 1.48 bits per heavy atom. The van der Waals surface area contributed by atoms with Crippen LogP contribution in [0.5, 0.6) is 5.75 Å². The Kier molecular flexibility index (Phi) is 3.78. The molecule has 0 saturated heterocycles. The predicted molar refractivity (Wildman–Crippen MR) is 99.5 cm³/mol. The van der Waals surface area contributed by atoms with Gasteiger partial charge in [-0.2, -0.15) is 0 Å². The molecule has 0 heterocycles. The van der Waals surface area contributed by atoms with E-state index in [1.165, 1.54) is 30.5 Å². The number of rotatable bonds is 3. The Bertz CT molecular complexity index is 977. The maximum atomic E-state index is 5.60. The van der Waals surface area contributed by atoms with Gasteiger partial charge in [0.15, 0.2) is 0 Å². The van der Waals surface area contributed by atoms with Crippen molar-refractivity contribution < 1.29 is 4.74 Å². The van der Waals surface area contributed by atoms with Gasteiger partial charge < -0.3 is 0 Å². The molecule has 0 atom stereocenters. The van der Waals surface area contributed by atoms with Crippen molar-refractivity contribution in [3.05, 3.63) is 78.9 Å². The van der Waals surface area contributed by atoms with E-state index in [0.717, 1.165) is 5.75 Å². The number of hydrogen-bond donors (Lipinski definition) is 0. The van der Waals surface area contributed by atoms with Gasteiger partial charge in [0.1, 0.15) is 0 Å². The fraction of sp³-hybridized carbons (Fsp3) is 0.0476. The van der Waals surface area contributed by atoms with Gasteiger partial charge in [0, 0.05) is 0 Å². The molecule has 0 saturated carbocycles. The van der Waals surface area contributed by atoms with Gasteiger partial charge in [-0.25, -0.2) is 0 Å². The van der Waals surface area contributed by atoms with Crippen LogP contribution < -0.4 is 13.7 Å². The average Bonchev–Trinajstić information content (AvgIpc) is 2.62. The third-order valence-electron chi connectivity index (χ3n) is 4.00. The number of fused-ring (bicyclic) bond motifs is 3. The molecule has 0 aliphatic heterocycles. The predicted octanol–water partition coefficient (Wildman–Crippen LogP) is 3.66. The molecule has 23 heavy (non-hydrogen) atoms. The van der Waals surface area contributed by atoms with Gasteiger partial charge in [0.25, 0.3) is 0 Å². The van der Waals surface area contributed by atoms with Crippen LogP contribution in [0, 0.1) is 0 Å². The van der Waals surface area contributed by atoms with Crippen molar-refractivity contribution in [3.8, 4) is 5.75 Å². The normalized spacial score (nSPS) is 11.0. The SMILES string of the molecule is COc1cccc2cc([Se]c3ccccc3)c3ccccc3c12. The molecule has 0 N–H and O–H groups in total. The average molecular weight is 363 g/mol. The van der Waals surface area contributed by atoms with Crippen molar-refractivity contribution >= 4 is 45.4 Å². The summed E-state index contributed by atoms with van der Waals surface area (Å²) < 4.78 is 8.41. The zero-order valence-corrected chi connectivity index (χ0v) is 14.5. The van der Waals surface area contributed by atoms with Crippen LogP contribution in [0.3, 0.4) is 0 Å². The van der Waals surface area contributed by atoms with Crippen molar-refractivity contribution in [1.82, 2.24) is 0 Å². The van der Waals surface area contributed by atoms with E-state index in [1.807, 2.05) is 6.07 Å². The van der Waals surface area contributed by atoms with E-state index < -0.39 is 0 Å². The summed E-state index contributed by atoms with van der Waals surface area (Å²) in [5.41, 5.74) is 0. The second-order valence-corrected chi connectivity index (χ2v) is 7.73. The molecule has 4 rings (SSSR count). The van der Waals surface area contributed by atoms with Crippen LogP contribution in [0.15, 0.2) is 78.9 Å². The van der Waals surface area contributed by atoms with Crippen molar-refractivity contribution in [2.45, 2.75) is 0 Å². The van der Waals surface area contributed by atoms with E-state index in [4.69, 9.17) is 4.74 Å². The molecule has 0 aromatic heterocycles. The van der Waals surface area contributed by atoms with Crippen molar-refractivity contribution in [1.29, 1.82) is 0 Å². The first-order chi connectivity index (χ1) is 11.4. The molecule has 4 aromatic rings. The zero-order valence-electron chi connectivity index (χ0n) is 12.8. The Hall–Kier alpha value is -2.28. The molecule has 112 valence electrons. The van der Waals surface area contributed by atoms with E-state index in [-0.39, 0.29) is 15.0 Å². The number of ether oxygens (including phenoxy) is 1. The summed E-state index contributed by atoms with van der Waals surface area (Å²) in [7, 11) is 1.74. The van der Waals surface area contributed by atoms with Gasteiger partial charge in [-0.15, -0.1) is 0 Å². The molecule has 0 fully saturated rings. The fourth-order valence-corrected chi connectivity index (χ4v) is 5.10. The fourth-order valence-electron chi connectivity index (χ4n) is 2.96. The molecule has 4 aromatic carbocycles. The van der Waals surface area contributed by atoms with Crippen LogP contribution in [0.4, 0.5) is 0 Å². The van der Waals surface area contributed by atoms with Gasteiger partial charge >= 0.3 is 142 Å². The van der Waals surface area contributed by atoms with Crippen LogP contribution >= 0.6 is 0 Å². The van der Waals surface area contributed by atoms with Gasteiger partial charge in [-0.05, 0) is 0 Å². The van der Waals surface area contributed by atoms with Crippen LogP contribution in [-0.2, 0) is 0 Å². The third-order valence-corrected chi connectivity index (χ3v) is 6.23. The van der Waals surface area contributed by atoms with Gasteiger partial charge in [-0.1, -0.05) is 0 Å². The molecular weight excluding hydrogens is 347 g/mol. The van der Waals surface area contributed by atoms with Crippen molar-refractivity contribution in [3.63, 3.8) is 0 Å². The summed E-state index contributed by atoms with van der Waals surface area (Å²) >= 11 is 0.290. The van der Waals surface area contributed by atoms with Gasteiger partial charge in [-0.3, -0.25) is 0 Å². The standard InChI is InChI=1S/C21H16OSe/c1-22-19-13-7-8-15-14-20(23-16-9-3-2-4-10-16)17-11-5-6-12-18(17)21(15)19/h2-14H,1H3. The van der Waals surface area contributed by atoms with E-state index in [0.29, 0.717) is 0 Å². The molecule has 0 radical (unpaired) electrons. The first-order valence-corrected chi connectivity index (χ1v) is 9.29. The van der Waals surface area contributed by atoms with E-state index in [9.17, 15) is 0 Å². The molecule has 0 aliphatic carbocycles. The summed E-state index contributed by atoms with van der Waals surface area (Å²) in [5, 5.41) is 5.05. The molecule has 2 heteroatoms. The zero-order chi connectivity index (χ0) is 15.6. The quantitative estimate of drug-likeness (QED) is 0.399. The second kappa shape index (κ2) is 6.08. The van der Waals surface area contributed by atoms with E-state index >= 15 is 0 Å². The molecule has 0 amide bonds. The first kappa shape index (κ1) is 14.3. The molecule has 0 unspecified atom stereocenters. The molecular formula is C21H16OSe. The van der Waals surface area contributed by atoms with Crippen LogP contribution in [0.2, 0.25) is 0 Å². The molecule has 0 bridgehead atoms. The molecule has 1 nitrogen and oxygen atoms in total. The number of methoxy groups -OCH3 is 1. The van der Waals surface area contributed by atoms with Crippen LogP contribution in [0.1, 0.15) is 0 Å². The molecule has 0 spiro atoms. The Morgan fingerprint density at radius 3 is 2.26 bits per heavy atom. The minimum absolute atomic E-state index is 0.290.